The second-order valence-electron chi connectivity index (χ2n) is 4.60. The molecule has 0 aromatic carbocycles. The molecule has 4 nitrogen and oxygen atoms in total. The van der Waals surface area contributed by atoms with Gasteiger partial charge in [-0.25, -0.2) is 0 Å². The molecule has 2 N–H and O–H groups in total. The molecule has 0 bridgehead atoms. The predicted molar refractivity (Wildman–Crippen MR) is 75.4 cm³/mol. The van der Waals surface area contributed by atoms with E-state index < -0.39 is 0 Å². The van der Waals surface area contributed by atoms with Gasteiger partial charge in [0.2, 0.25) is 5.91 Å². The molecule has 100 valence electrons. The molecule has 2 aliphatic heterocycles. The molecule has 0 spiro atoms. The van der Waals surface area contributed by atoms with Gasteiger partial charge in [-0.15, -0.1) is 23.7 Å². The van der Waals surface area contributed by atoms with Crippen LogP contribution in [0.4, 0.5) is 0 Å². The van der Waals surface area contributed by atoms with Crippen molar-refractivity contribution in [3.8, 4) is 0 Å². The minimum absolute atomic E-state index is 0. The molecular weight excluding hydrogens is 270 g/mol. The third-order valence-electron chi connectivity index (χ3n) is 3.75. The molecule has 0 saturated carbocycles. The number of halogens is 1. The van der Waals surface area contributed by atoms with Gasteiger partial charge in [0.1, 0.15) is 6.04 Å². The fourth-order valence-electron chi connectivity index (χ4n) is 2.87. The second kappa shape index (κ2) is 5.57. The van der Waals surface area contributed by atoms with Gasteiger partial charge in [0.05, 0.1) is 6.04 Å². The first-order valence-electron chi connectivity index (χ1n) is 6.05. The number of nitrogens with zero attached hydrogens (tertiary/aromatic N) is 1. The largest absolute Gasteiger partial charge is 0.358 e. The van der Waals surface area contributed by atoms with Crippen molar-refractivity contribution in [3.05, 3.63) is 21.9 Å². The maximum Gasteiger partial charge on any atom is 0.238 e. The van der Waals surface area contributed by atoms with Gasteiger partial charge in [-0.05, 0) is 23.4 Å². The summed E-state index contributed by atoms with van der Waals surface area (Å²) in [6.45, 7) is 2.71. The van der Waals surface area contributed by atoms with E-state index in [4.69, 9.17) is 0 Å². The molecular formula is C12H18ClN3OS. The molecule has 1 aromatic rings. The maximum absolute atomic E-state index is 11.9. The van der Waals surface area contributed by atoms with Crippen LogP contribution in [0.3, 0.4) is 0 Å². The van der Waals surface area contributed by atoms with Crippen molar-refractivity contribution >= 4 is 29.7 Å². The van der Waals surface area contributed by atoms with Crippen LogP contribution in [-0.2, 0) is 11.2 Å². The number of likely N-dealkylation sites (N-methyl/N-ethyl adjacent to an activating group) is 1. The monoisotopic (exact) mass is 287 g/mol. The van der Waals surface area contributed by atoms with Gasteiger partial charge in [0.25, 0.3) is 0 Å². The van der Waals surface area contributed by atoms with Crippen molar-refractivity contribution in [1.29, 1.82) is 0 Å². The van der Waals surface area contributed by atoms with Crippen molar-refractivity contribution < 1.29 is 4.79 Å². The number of hydrogen-bond acceptors (Lipinski definition) is 4. The third kappa shape index (κ3) is 2.16. The fraction of sp³-hybridized carbons (Fsp3) is 0.583. The SMILES string of the molecule is CNC(=O)C1CNCC2c3sccc3CCN12.Cl. The Morgan fingerprint density at radius 1 is 1.56 bits per heavy atom. The van der Waals surface area contributed by atoms with E-state index in [9.17, 15) is 4.79 Å². The fourth-order valence-corrected chi connectivity index (χ4v) is 3.95. The summed E-state index contributed by atoms with van der Waals surface area (Å²) in [5.41, 5.74) is 1.47. The van der Waals surface area contributed by atoms with Gasteiger partial charge in [-0.3, -0.25) is 9.69 Å². The molecule has 6 heteroatoms. The Labute approximate surface area is 117 Å². The normalized spacial score (nSPS) is 26.7. The topological polar surface area (TPSA) is 44.4 Å². The van der Waals surface area contributed by atoms with Gasteiger partial charge < -0.3 is 10.6 Å². The molecule has 1 saturated heterocycles. The van der Waals surface area contributed by atoms with E-state index in [1.807, 2.05) is 11.3 Å². The first-order chi connectivity index (χ1) is 8.31. The van der Waals surface area contributed by atoms with Gasteiger partial charge in [0, 0.05) is 31.6 Å². The van der Waals surface area contributed by atoms with Crippen LogP contribution >= 0.6 is 23.7 Å². The predicted octanol–water partition coefficient (Wildman–Crippen LogP) is 0.787. The highest BCUT2D eigenvalue weighted by Gasteiger charge is 2.38. The van der Waals surface area contributed by atoms with Gasteiger partial charge >= 0.3 is 0 Å². The molecule has 18 heavy (non-hydrogen) atoms. The Balaban J connectivity index is 0.00000120. The number of piperazine rings is 1. The van der Waals surface area contributed by atoms with Crippen molar-refractivity contribution in [2.75, 3.05) is 26.7 Å². The minimum Gasteiger partial charge on any atom is -0.358 e. The zero-order valence-corrected chi connectivity index (χ0v) is 11.9. The minimum atomic E-state index is -0.0194. The van der Waals surface area contributed by atoms with Crippen LogP contribution in [0.25, 0.3) is 0 Å². The van der Waals surface area contributed by atoms with E-state index in [1.165, 1.54) is 10.4 Å². The molecule has 3 rings (SSSR count). The Bertz CT molecular complexity index is 437. The van der Waals surface area contributed by atoms with Crippen LogP contribution in [0.1, 0.15) is 16.5 Å². The highest BCUT2D eigenvalue weighted by Crippen LogP contribution is 2.36. The number of rotatable bonds is 1. The lowest BCUT2D eigenvalue weighted by atomic mass is 9.96. The van der Waals surface area contributed by atoms with E-state index in [-0.39, 0.29) is 24.4 Å². The highest BCUT2D eigenvalue weighted by atomic mass is 35.5. The van der Waals surface area contributed by atoms with Crippen molar-refractivity contribution in [1.82, 2.24) is 15.5 Å². The molecule has 2 unspecified atom stereocenters. The van der Waals surface area contributed by atoms with Gasteiger partial charge in [-0.2, -0.15) is 0 Å². The standard InChI is InChI=1S/C12H17N3OS.ClH/c1-13-12(16)10-7-14-6-9-11-8(3-5-17-11)2-4-15(9)10;/h3,5,9-10,14H,2,4,6-7H2,1H3,(H,13,16);1H. The average molecular weight is 288 g/mol. The van der Waals surface area contributed by atoms with E-state index in [0.717, 1.165) is 26.1 Å². The molecule has 3 heterocycles. The Hall–Kier alpha value is -0.620. The quantitative estimate of drug-likeness (QED) is 0.803. The summed E-state index contributed by atoms with van der Waals surface area (Å²) in [7, 11) is 1.71. The molecule has 1 amide bonds. The van der Waals surface area contributed by atoms with Crippen LogP contribution in [0.5, 0.6) is 0 Å². The Kier molecular flexibility index (Phi) is 4.27. The first kappa shape index (κ1) is 13.8. The lowest BCUT2D eigenvalue weighted by molar-refractivity contribution is -0.128. The summed E-state index contributed by atoms with van der Waals surface area (Å²) in [4.78, 5) is 15.7. The lowest BCUT2D eigenvalue weighted by Gasteiger charge is -2.44. The maximum atomic E-state index is 11.9. The molecule has 2 aliphatic rings. The Morgan fingerprint density at radius 2 is 2.39 bits per heavy atom. The van der Waals surface area contributed by atoms with Gasteiger partial charge in [-0.1, -0.05) is 0 Å². The summed E-state index contributed by atoms with van der Waals surface area (Å²) < 4.78 is 0. The smallest absolute Gasteiger partial charge is 0.238 e. The lowest BCUT2D eigenvalue weighted by Crippen LogP contribution is -2.59. The second-order valence-corrected chi connectivity index (χ2v) is 5.55. The Morgan fingerprint density at radius 3 is 3.17 bits per heavy atom. The first-order valence-corrected chi connectivity index (χ1v) is 6.93. The number of fused-ring (bicyclic) bond motifs is 3. The average Bonchev–Trinajstić information content (AvgIpc) is 2.85. The molecule has 1 aromatic heterocycles. The van der Waals surface area contributed by atoms with Crippen LogP contribution in [-0.4, -0.2) is 43.5 Å². The highest BCUT2D eigenvalue weighted by molar-refractivity contribution is 7.10. The summed E-state index contributed by atoms with van der Waals surface area (Å²) in [6, 6.07) is 2.59. The summed E-state index contributed by atoms with van der Waals surface area (Å²) in [5, 5.41) is 8.32. The van der Waals surface area contributed by atoms with Gasteiger partial charge in [0.15, 0.2) is 0 Å². The molecule has 1 fully saturated rings. The van der Waals surface area contributed by atoms with Crippen molar-refractivity contribution in [2.24, 2.45) is 0 Å². The summed E-state index contributed by atoms with van der Waals surface area (Å²) in [6.07, 6.45) is 1.07. The number of thiophene rings is 1. The summed E-state index contributed by atoms with van der Waals surface area (Å²) >= 11 is 1.82. The van der Waals surface area contributed by atoms with Crippen LogP contribution in [0.15, 0.2) is 11.4 Å². The molecule has 0 aliphatic carbocycles. The van der Waals surface area contributed by atoms with Crippen molar-refractivity contribution in [2.45, 2.75) is 18.5 Å². The molecule has 2 atom stereocenters. The van der Waals surface area contributed by atoms with Crippen molar-refractivity contribution in [3.63, 3.8) is 0 Å². The van der Waals surface area contributed by atoms with Crippen LogP contribution < -0.4 is 10.6 Å². The molecule has 0 radical (unpaired) electrons. The number of nitrogens with one attached hydrogen (secondary N) is 2. The van der Waals surface area contributed by atoms with E-state index in [1.54, 1.807) is 7.05 Å². The van der Waals surface area contributed by atoms with E-state index in [2.05, 4.69) is 27.0 Å². The zero-order chi connectivity index (χ0) is 11.8. The van der Waals surface area contributed by atoms with E-state index in [0.29, 0.717) is 6.04 Å². The summed E-state index contributed by atoms with van der Waals surface area (Å²) in [5.74, 6) is 0.127. The number of hydrogen-bond donors (Lipinski definition) is 2. The van der Waals surface area contributed by atoms with E-state index >= 15 is 0 Å². The number of carbonyl (C=O) groups is 1. The third-order valence-corrected chi connectivity index (χ3v) is 4.81. The zero-order valence-electron chi connectivity index (χ0n) is 10.3. The van der Waals surface area contributed by atoms with Crippen LogP contribution in [0, 0.1) is 0 Å². The number of amides is 1. The van der Waals surface area contributed by atoms with Crippen LogP contribution in [0.2, 0.25) is 0 Å². The number of carbonyl (C=O) groups excluding carboxylic acids is 1.